The maximum atomic E-state index is 9.94. The van der Waals surface area contributed by atoms with Crippen LogP contribution in [0.15, 0.2) is 6.07 Å². The lowest BCUT2D eigenvalue weighted by Gasteiger charge is -2.16. The Kier molecular flexibility index (Phi) is 3.83. The highest BCUT2D eigenvalue weighted by Gasteiger charge is 2.17. The molecule has 0 heterocycles. The molecule has 0 radical (unpaired) electrons. The molecule has 1 rings (SSSR count). The SMILES string of the molecule is COc1c(Cl)cc(C(C)CN)c(O)c1C. The normalized spacial score (nSPS) is 12.6. The number of benzene rings is 1. The van der Waals surface area contributed by atoms with Crippen molar-refractivity contribution >= 4 is 11.6 Å². The first kappa shape index (κ1) is 12.1. The number of phenols is 1. The minimum absolute atomic E-state index is 0.0760. The summed E-state index contributed by atoms with van der Waals surface area (Å²) in [6.07, 6.45) is 0. The number of ether oxygens (including phenoxy) is 1. The van der Waals surface area contributed by atoms with Gasteiger partial charge in [-0.25, -0.2) is 0 Å². The number of hydrogen-bond acceptors (Lipinski definition) is 3. The van der Waals surface area contributed by atoms with E-state index in [0.29, 0.717) is 22.9 Å². The van der Waals surface area contributed by atoms with Gasteiger partial charge in [0.05, 0.1) is 12.1 Å². The van der Waals surface area contributed by atoms with Crippen molar-refractivity contribution in [1.29, 1.82) is 0 Å². The summed E-state index contributed by atoms with van der Waals surface area (Å²) in [5, 5.41) is 10.4. The third-order valence-corrected chi connectivity index (χ3v) is 2.84. The number of phenolic OH excluding ortho intramolecular Hbond substituents is 1. The van der Waals surface area contributed by atoms with Crippen LogP contribution in [0, 0.1) is 6.92 Å². The molecule has 1 aromatic carbocycles. The summed E-state index contributed by atoms with van der Waals surface area (Å²) >= 11 is 6.03. The standard InChI is InChI=1S/C11H16ClNO2/c1-6(5-13)8-4-9(12)11(15-3)7(2)10(8)14/h4,6,14H,5,13H2,1-3H3. The number of hydrogen-bond donors (Lipinski definition) is 2. The summed E-state index contributed by atoms with van der Waals surface area (Å²) in [5.41, 5.74) is 6.98. The molecule has 15 heavy (non-hydrogen) atoms. The number of rotatable bonds is 3. The van der Waals surface area contributed by atoms with Crippen molar-refractivity contribution in [1.82, 2.24) is 0 Å². The Bertz CT molecular complexity index is 366. The van der Waals surface area contributed by atoms with Gasteiger partial charge in [-0.1, -0.05) is 18.5 Å². The molecule has 1 unspecified atom stereocenters. The highest BCUT2D eigenvalue weighted by molar-refractivity contribution is 6.32. The van der Waals surface area contributed by atoms with Gasteiger partial charge in [0.15, 0.2) is 0 Å². The van der Waals surface area contributed by atoms with Crippen molar-refractivity contribution in [3.63, 3.8) is 0 Å². The van der Waals surface area contributed by atoms with Gasteiger partial charge >= 0.3 is 0 Å². The molecule has 0 aliphatic carbocycles. The maximum Gasteiger partial charge on any atom is 0.144 e. The van der Waals surface area contributed by atoms with E-state index in [1.54, 1.807) is 13.0 Å². The minimum atomic E-state index is 0.0760. The Morgan fingerprint density at radius 1 is 1.60 bits per heavy atom. The van der Waals surface area contributed by atoms with Crippen LogP contribution in [-0.2, 0) is 0 Å². The second-order valence-corrected chi connectivity index (χ2v) is 4.00. The molecule has 0 amide bonds. The predicted octanol–water partition coefficient (Wildman–Crippen LogP) is 2.42. The predicted molar refractivity (Wildman–Crippen MR) is 61.9 cm³/mol. The molecule has 3 nitrogen and oxygen atoms in total. The van der Waals surface area contributed by atoms with Gasteiger partial charge in [0, 0.05) is 5.56 Å². The summed E-state index contributed by atoms with van der Waals surface area (Å²) in [7, 11) is 1.53. The maximum absolute atomic E-state index is 9.94. The van der Waals surface area contributed by atoms with Crippen molar-refractivity contribution in [3.05, 3.63) is 22.2 Å². The molecule has 0 aromatic heterocycles. The van der Waals surface area contributed by atoms with Gasteiger partial charge in [-0.2, -0.15) is 0 Å². The van der Waals surface area contributed by atoms with E-state index in [1.165, 1.54) is 7.11 Å². The highest BCUT2D eigenvalue weighted by Crippen LogP contribution is 2.39. The molecule has 84 valence electrons. The Morgan fingerprint density at radius 2 is 2.20 bits per heavy atom. The van der Waals surface area contributed by atoms with Gasteiger partial charge in [-0.05, 0) is 31.0 Å². The van der Waals surface area contributed by atoms with E-state index in [2.05, 4.69) is 0 Å². The fourth-order valence-electron chi connectivity index (χ4n) is 1.53. The van der Waals surface area contributed by atoms with Crippen LogP contribution in [0.2, 0.25) is 5.02 Å². The molecule has 0 saturated heterocycles. The molecule has 0 bridgehead atoms. The summed E-state index contributed by atoms with van der Waals surface area (Å²) < 4.78 is 5.10. The van der Waals surface area contributed by atoms with E-state index in [9.17, 15) is 5.11 Å². The molecule has 1 aromatic rings. The zero-order valence-corrected chi connectivity index (χ0v) is 9.93. The summed E-state index contributed by atoms with van der Waals surface area (Å²) in [6, 6.07) is 1.71. The largest absolute Gasteiger partial charge is 0.507 e. The number of aromatic hydroxyl groups is 1. The average Bonchev–Trinajstić information content (AvgIpc) is 2.23. The molecule has 1 atom stereocenters. The average molecular weight is 230 g/mol. The summed E-state index contributed by atoms with van der Waals surface area (Å²) in [6.45, 7) is 4.18. The summed E-state index contributed by atoms with van der Waals surface area (Å²) in [4.78, 5) is 0. The van der Waals surface area contributed by atoms with Crippen LogP contribution in [0.1, 0.15) is 24.0 Å². The van der Waals surface area contributed by atoms with Crippen LogP contribution in [-0.4, -0.2) is 18.8 Å². The van der Waals surface area contributed by atoms with Crippen LogP contribution in [0.4, 0.5) is 0 Å². The van der Waals surface area contributed by atoms with E-state index in [0.717, 1.165) is 5.56 Å². The van der Waals surface area contributed by atoms with E-state index in [1.807, 2.05) is 6.92 Å². The van der Waals surface area contributed by atoms with Gasteiger partial charge in [0.25, 0.3) is 0 Å². The zero-order valence-electron chi connectivity index (χ0n) is 9.17. The smallest absolute Gasteiger partial charge is 0.144 e. The van der Waals surface area contributed by atoms with Crippen molar-refractivity contribution in [3.8, 4) is 11.5 Å². The van der Waals surface area contributed by atoms with Crippen LogP contribution in [0.5, 0.6) is 11.5 Å². The first-order valence-electron chi connectivity index (χ1n) is 4.78. The van der Waals surface area contributed by atoms with Crippen molar-refractivity contribution in [2.75, 3.05) is 13.7 Å². The lowest BCUT2D eigenvalue weighted by Crippen LogP contribution is -2.09. The molecule has 0 aliphatic rings. The van der Waals surface area contributed by atoms with Gasteiger partial charge in [-0.15, -0.1) is 0 Å². The lowest BCUT2D eigenvalue weighted by molar-refractivity contribution is 0.400. The molecule has 0 fully saturated rings. The minimum Gasteiger partial charge on any atom is -0.507 e. The van der Waals surface area contributed by atoms with Crippen molar-refractivity contribution in [2.24, 2.45) is 5.73 Å². The Morgan fingerprint density at radius 3 is 2.67 bits per heavy atom. The van der Waals surface area contributed by atoms with Crippen LogP contribution in [0.3, 0.4) is 0 Å². The Balaban J connectivity index is 3.33. The molecule has 0 saturated carbocycles. The fraction of sp³-hybridized carbons (Fsp3) is 0.455. The molecular formula is C11H16ClNO2. The van der Waals surface area contributed by atoms with Crippen molar-refractivity contribution < 1.29 is 9.84 Å². The quantitative estimate of drug-likeness (QED) is 0.837. The highest BCUT2D eigenvalue weighted by atomic mass is 35.5. The second-order valence-electron chi connectivity index (χ2n) is 3.59. The second kappa shape index (κ2) is 4.73. The van der Waals surface area contributed by atoms with E-state index < -0.39 is 0 Å². The summed E-state index contributed by atoms with van der Waals surface area (Å²) in [5.74, 6) is 0.809. The molecule has 3 N–H and O–H groups in total. The van der Waals surface area contributed by atoms with Crippen LogP contribution in [0.25, 0.3) is 0 Å². The van der Waals surface area contributed by atoms with E-state index in [-0.39, 0.29) is 11.7 Å². The van der Waals surface area contributed by atoms with Crippen LogP contribution >= 0.6 is 11.6 Å². The van der Waals surface area contributed by atoms with E-state index in [4.69, 9.17) is 22.1 Å². The molecule has 4 heteroatoms. The van der Waals surface area contributed by atoms with Gasteiger partial charge in [-0.3, -0.25) is 0 Å². The van der Waals surface area contributed by atoms with Gasteiger partial charge in [0.2, 0.25) is 0 Å². The van der Waals surface area contributed by atoms with Crippen molar-refractivity contribution in [2.45, 2.75) is 19.8 Å². The third kappa shape index (κ3) is 2.19. The number of methoxy groups -OCH3 is 1. The zero-order chi connectivity index (χ0) is 11.6. The third-order valence-electron chi connectivity index (χ3n) is 2.56. The Labute approximate surface area is 94.8 Å². The van der Waals surface area contributed by atoms with E-state index >= 15 is 0 Å². The lowest BCUT2D eigenvalue weighted by atomic mass is 9.97. The molecule has 0 aliphatic heterocycles. The number of nitrogens with two attached hydrogens (primary N) is 1. The topological polar surface area (TPSA) is 55.5 Å². The molecule has 0 spiro atoms. The van der Waals surface area contributed by atoms with Crippen LogP contribution < -0.4 is 10.5 Å². The Hall–Kier alpha value is -0.930. The van der Waals surface area contributed by atoms with Gasteiger partial charge in [0.1, 0.15) is 11.5 Å². The first-order chi connectivity index (χ1) is 7.02. The molecular weight excluding hydrogens is 214 g/mol. The van der Waals surface area contributed by atoms with Gasteiger partial charge < -0.3 is 15.6 Å². The fourth-order valence-corrected chi connectivity index (χ4v) is 1.86. The first-order valence-corrected chi connectivity index (χ1v) is 5.16. The number of halogens is 1. The monoisotopic (exact) mass is 229 g/mol.